The largest absolute Gasteiger partial charge is 0.476 e. The summed E-state index contributed by atoms with van der Waals surface area (Å²) in [6.07, 6.45) is 1.75. The van der Waals surface area contributed by atoms with Crippen LogP contribution in [0, 0.1) is 6.92 Å². The van der Waals surface area contributed by atoms with Gasteiger partial charge in [-0.05, 0) is 13.8 Å². The molecule has 7 nitrogen and oxygen atoms in total. The second kappa shape index (κ2) is 5.41. The van der Waals surface area contributed by atoms with Gasteiger partial charge in [0, 0.05) is 24.2 Å². The smallest absolute Gasteiger partial charge is 0.356 e. The maximum absolute atomic E-state index is 12.1. The number of aryl methyl sites for hydroxylation is 2. The van der Waals surface area contributed by atoms with Crippen molar-refractivity contribution >= 4 is 23.2 Å². The van der Waals surface area contributed by atoms with Gasteiger partial charge in [-0.1, -0.05) is 0 Å². The number of hydrogen-bond acceptors (Lipinski definition) is 5. The Morgan fingerprint density at radius 2 is 2.20 bits per heavy atom. The molecule has 0 saturated carbocycles. The van der Waals surface area contributed by atoms with Crippen molar-refractivity contribution in [1.82, 2.24) is 20.1 Å². The fourth-order valence-corrected chi connectivity index (χ4v) is 2.47. The number of aromatic carboxylic acids is 1. The minimum Gasteiger partial charge on any atom is -0.476 e. The van der Waals surface area contributed by atoms with E-state index >= 15 is 0 Å². The van der Waals surface area contributed by atoms with Crippen LogP contribution in [0.1, 0.15) is 43.8 Å². The van der Waals surface area contributed by atoms with Crippen LogP contribution in [0.25, 0.3) is 0 Å². The molecule has 0 radical (unpaired) electrons. The Balaban J connectivity index is 2.14. The second-order valence-electron chi connectivity index (χ2n) is 4.35. The summed E-state index contributed by atoms with van der Waals surface area (Å²) in [6.45, 7) is 3.76. The monoisotopic (exact) mass is 294 g/mol. The molecule has 1 unspecified atom stereocenters. The normalized spacial score (nSPS) is 12.2. The fraction of sp³-hybridized carbons (Fsp3) is 0.333. The average molecular weight is 294 g/mol. The van der Waals surface area contributed by atoms with E-state index < -0.39 is 5.97 Å². The molecule has 20 heavy (non-hydrogen) atoms. The van der Waals surface area contributed by atoms with Crippen LogP contribution in [0.5, 0.6) is 0 Å². The van der Waals surface area contributed by atoms with Crippen LogP contribution in [-0.4, -0.2) is 31.7 Å². The fourth-order valence-electron chi connectivity index (χ4n) is 1.69. The lowest BCUT2D eigenvalue weighted by atomic mass is 10.3. The van der Waals surface area contributed by atoms with Crippen molar-refractivity contribution in [2.45, 2.75) is 19.9 Å². The third kappa shape index (κ3) is 2.85. The zero-order valence-electron chi connectivity index (χ0n) is 11.2. The van der Waals surface area contributed by atoms with Crippen LogP contribution in [-0.2, 0) is 7.05 Å². The number of rotatable bonds is 4. The van der Waals surface area contributed by atoms with Crippen molar-refractivity contribution in [2.75, 3.05) is 0 Å². The maximum atomic E-state index is 12.1. The van der Waals surface area contributed by atoms with E-state index in [4.69, 9.17) is 5.11 Å². The number of carbonyl (C=O) groups is 2. The molecule has 106 valence electrons. The van der Waals surface area contributed by atoms with Gasteiger partial charge in [-0.2, -0.15) is 5.10 Å². The van der Waals surface area contributed by atoms with Crippen LogP contribution in [0.15, 0.2) is 12.3 Å². The van der Waals surface area contributed by atoms with Crippen molar-refractivity contribution in [3.05, 3.63) is 33.5 Å². The Morgan fingerprint density at radius 1 is 1.50 bits per heavy atom. The van der Waals surface area contributed by atoms with Gasteiger partial charge in [0.15, 0.2) is 5.69 Å². The predicted octanol–water partition coefficient (Wildman–Crippen LogP) is 1.37. The molecule has 1 amide bonds. The zero-order chi connectivity index (χ0) is 14.9. The topological polar surface area (TPSA) is 97.1 Å². The van der Waals surface area contributed by atoms with Gasteiger partial charge >= 0.3 is 5.97 Å². The SMILES string of the molecule is Cc1cnc(C(C)NC(=O)c2cc(C(=O)O)nn2C)s1. The molecule has 0 aliphatic rings. The van der Waals surface area contributed by atoms with E-state index in [1.807, 2.05) is 13.8 Å². The first-order valence-corrected chi connectivity index (χ1v) is 6.70. The first-order valence-electron chi connectivity index (χ1n) is 5.89. The third-order valence-electron chi connectivity index (χ3n) is 2.69. The predicted molar refractivity (Wildman–Crippen MR) is 72.9 cm³/mol. The van der Waals surface area contributed by atoms with Crippen LogP contribution in [0.2, 0.25) is 0 Å². The Kier molecular flexibility index (Phi) is 3.84. The molecular weight excluding hydrogens is 280 g/mol. The molecule has 2 heterocycles. The number of carboxylic acid groups (broad SMARTS) is 1. The molecule has 0 spiro atoms. The first kappa shape index (κ1) is 14.2. The van der Waals surface area contributed by atoms with Gasteiger partial charge in [0.1, 0.15) is 10.7 Å². The summed E-state index contributed by atoms with van der Waals surface area (Å²) < 4.78 is 1.25. The lowest BCUT2D eigenvalue weighted by molar-refractivity contribution is 0.0689. The summed E-state index contributed by atoms with van der Waals surface area (Å²) in [6, 6.07) is 1.00. The Morgan fingerprint density at radius 3 is 2.70 bits per heavy atom. The van der Waals surface area contributed by atoms with E-state index in [2.05, 4.69) is 15.4 Å². The molecule has 0 saturated heterocycles. The molecular formula is C12H14N4O3S. The summed E-state index contributed by atoms with van der Waals surface area (Å²) in [5, 5.41) is 16.2. The number of hydrogen-bond donors (Lipinski definition) is 2. The zero-order valence-corrected chi connectivity index (χ0v) is 12.1. The van der Waals surface area contributed by atoms with Gasteiger partial charge in [0.2, 0.25) is 0 Å². The van der Waals surface area contributed by atoms with Crippen molar-refractivity contribution < 1.29 is 14.7 Å². The molecule has 0 fully saturated rings. The molecule has 2 rings (SSSR count). The number of thiazole rings is 1. The quantitative estimate of drug-likeness (QED) is 0.887. The molecule has 0 aliphatic carbocycles. The highest BCUT2D eigenvalue weighted by atomic mass is 32.1. The first-order chi connectivity index (χ1) is 9.38. The molecule has 0 bridgehead atoms. The molecule has 8 heteroatoms. The van der Waals surface area contributed by atoms with Crippen molar-refractivity contribution in [3.8, 4) is 0 Å². The highest BCUT2D eigenvalue weighted by molar-refractivity contribution is 7.11. The van der Waals surface area contributed by atoms with Crippen molar-refractivity contribution in [2.24, 2.45) is 7.05 Å². The molecule has 2 aromatic heterocycles. The Bertz CT molecular complexity index is 661. The van der Waals surface area contributed by atoms with Crippen LogP contribution >= 0.6 is 11.3 Å². The van der Waals surface area contributed by atoms with Crippen LogP contribution in [0.4, 0.5) is 0 Å². The third-order valence-corrected chi connectivity index (χ3v) is 3.78. The van der Waals surface area contributed by atoms with Gasteiger partial charge in [0.25, 0.3) is 5.91 Å². The number of carboxylic acids is 1. The number of nitrogens with one attached hydrogen (secondary N) is 1. The summed E-state index contributed by atoms with van der Waals surface area (Å²) in [7, 11) is 1.53. The molecule has 2 N–H and O–H groups in total. The summed E-state index contributed by atoms with van der Waals surface area (Å²) in [4.78, 5) is 28.2. The standard InChI is InChI=1S/C12H14N4O3S/c1-6-5-13-11(20-6)7(2)14-10(17)9-4-8(12(18)19)15-16(9)3/h4-5,7H,1-3H3,(H,14,17)(H,18,19). The van der Waals surface area contributed by atoms with Gasteiger partial charge in [0.05, 0.1) is 6.04 Å². The molecule has 1 atom stereocenters. The van der Waals surface area contributed by atoms with Crippen LogP contribution < -0.4 is 5.32 Å². The number of amides is 1. The second-order valence-corrected chi connectivity index (χ2v) is 5.61. The van der Waals surface area contributed by atoms with Crippen LogP contribution in [0.3, 0.4) is 0 Å². The van der Waals surface area contributed by atoms with E-state index in [9.17, 15) is 9.59 Å². The Labute approximate surface area is 119 Å². The number of aromatic nitrogens is 3. The van der Waals surface area contributed by atoms with Crippen molar-refractivity contribution in [1.29, 1.82) is 0 Å². The minimum absolute atomic E-state index is 0.157. The number of nitrogens with zero attached hydrogens (tertiary/aromatic N) is 3. The number of carbonyl (C=O) groups excluding carboxylic acids is 1. The lowest BCUT2D eigenvalue weighted by Crippen LogP contribution is -2.28. The van der Waals surface area contributed by atoms with E-state index in [0.29, 0.717) is 0 Å². The Hall–Kier alpha value is -2.22. The maximum Gasteiger partial charge on any atom is 0.356 e. The lowest BCUT2D eigenvalue weighted by Gasteiger charge is -2.10. The van der Waals surface area contributed by atoms with E-state index in [1.165, 1.54) is 29.1 Å². The summed E-state index contributed by atoms with van der Waals surface area (Å²) in [5.41, 5.74) is 0.0397. The van der Waals surface area contributed by atoms with E-state index in [0.717, 1.165) is 9.88 Å². The minimum atomic E-state index is -1.16. The summed E-state index contributed by atoms with van der Waals surface area (Å²) >= 11 is 1.50. The van der Waals surface area contributed by atoms with Gasteiger partial charge < -0.3 is 10.4 Å². The van der Waals surface area contributed by atoms with Gasteiger partial charge in [-0.25, -0.2) is 9.78 Å². The van der Waals surface area contributed by atoms with Gasteiger partial charge in [-0.3, -0.25) is 9.48 Å². The molecule has 2 aromatic rings. The van der Waals surface area contributed by atoms with Gasteiger partial charge in [-0.15, -0.1) is 11.3 Å². The molecule has 0 aromatic carbocycles. The highest BCUT2D eigenvalue weighted by Crippen LogP contribution is 2.19. The highest BCUT2D eigenvalue weighted by Gasteiger charge is 2.19. The average Bonchev–Trinajstić information content (AvgIpc) is 2.95. The van der Waals surface area contributed by atoms with E-state index in [1.54, 1.807) is 6.20 Å². The van der Waals surface area contributed by atoms with Crippen molar-refractivity contribution in [3.63, 3.8) is 0 Å². The van der Waals surface area contributed by atoms with E-state index in [-0.39, 0.29) is 23.3 Å². The molecule has 0 aliphatic heterocycles. The summed E-state index contributed by atoms with van der Waals surface area (Å²) in [5.74, 6) is -1.55.